The van der Waals surface area contributed by atoms with Crippen molar-refractivity contribution < 1.29 is 0 Å². The maximum atomic E-state index is 6.02. The normalized spacial score (nSPS) is 14.9. The molecule has 0 bridgehead atoms. The molecular formula is C11H17ClN2S. The molecule has 0 fully saturated rings. The predicted molar refractivity (Wildman–Crippen MR) is 68.6 cm³/mol. The molecule has 0 saturated heterocycles. The van der Waals surface area contributed by atoms with Crippen molar-refractivity contribution in [2.75, 3.05) is 12.0 Å². The van der Waals surface area contributed by atoms with Gasteiger partial charge in [-0.3, -0.25) is 0 Å². The van der Waals surface area contributed by atoms with Gasteiger partial charge in [-0.25, -0.2) is 4.98 Å². The minimum Gasteiger partial charge on any atom is -0.307 e. The van der Waals surface area contributed by atoms with Gasteiger partial charge < -0.3 is 5.32 Å². The lowest BCUT2D eigenvalue weighted by Gasteiger charge is -2.20. The Morgan fingerprint density at radius 1 is 1.53 bits per heavy atom. The molecule has 0 amide bonds. The highest BCUT2D eigenvalue weighted by molar-refractivity contribution is 7.98. The van der Waals surface area contributed by atoms with Crippen LogP contribution in [0, 0.1) is 0 Å². The topological polar surface area (TPSA) is 24.9 Å². The lowest BCUT2D eigenvalue weighted by molar-refractivity contribution is 0.510. The number of rotatable bonds is 5. The molecule has 0 radical (unpaired) electrons. The van der Waals surface area contributed by atoms with E-state index >= 15 is 0 Å². The zero-order valence-electron chi connectivity index (χ0n) is 9.33. The fourth-order valence-corrected chi connectivity index (χ4v) is 2.42. The minimum absolute atomic E-state index is 0.244. The van der Waals surface area contributed by atoms with E-state index in [1.807, 2.05) is 23.9 Å². The highest BCUT2D eigenvalue weighted by atomic mass is 35.5. The van der Waals surface area contributed by atoms with Crippen LogP contribution in [0.25, 0.3) is 0 Å². The van der Waals surface area contributed by atoms with Crippen molar-refractivity contribution >= 4 is 23.4 Å². The van der Waals surface area contributed by atoms with Crippen molar-refractivity contribution in [2.24, 2.45) is 0 Å². The summed E-state index contributed by atoms with van der Waals surface area (Å²) in [5.74, 6) is 1.10. The van der Waals surface area contributed by atoms with E-state index in [0.717, 1.165) is 11.3 Å². The fraction of sp³-hybridized carbons (Fsp3) is 0.545. The summed E-state index contributed by atoms with van der Waals surface area (Å²) in [7, 11) is 0. The largest absolute Gasteiger partial charge is 0.307 e. The van der Waals surface area contributed by atoms with Crippen LogP contribution in [-0.2, 0) is 0 Å². The number of hydrogen-bond donors (Lipinski definition) is 1. The Bertz CT molecular complexity index is 306. The van der Waals surface area contributed by atoms with Gasteiger partial charge in [0.05, 0.1) is 0 Å². The number of pyridine rings is 1. The Hall–Kier alpha value is -0.250. The number of nitrogens with one attached hydrogen (secondary N) is 1. The van der Waals surface area contributed by atoms with Crippen LogP contribution in [0.15, 0.2) is 18.3 Å². The molecule has 1 heterocycles. The third-order valence-electron chi connectivity index (χ3n) is 2.21. The summed E-state index contributed by atoms with van der Waals surface area (Å²) < 4.78 is 0. The van der Waals surface area contributed by atoms with E-state index in [2.05, 4.69) is 30.4 Å². The van der Waals surface area contributed by atoms with Crippen LogP contribution in [0.3, 0.4) is 0 Å². The summed E-state index contributed by atoms with van der Waals surface area (Å²) in [6.45, 7) is 4.29. The van der Waals surface area contributed by atoms with Crippen molar-refractivity contribution in [1.29, 1.82) is 0 Å². The molecule has 0 aliphatic rings. The molecule has 1 rings (SSSR count). The number of halogens is 1. The van der Waals surface area contributed by atoms with Crippen LogP contribution in [0.4, 0.5) is 0 Å². The molecule has 1 aromatic rings. The van der Waals surface area contributed by atoms with Crippen molar-refractivity contribution in [3.8, 4) is 0 Å². The van der Waals surface area contributed by atoms with Gasteiger partial charge in [-0.15, -0.1) is 0 Å². The lowest BCUT2D eigenvalue weighted by atomic mass is 10.1. The standard InChI is InChI=1S/C11H17ClN2S/c1-8(7-15-3)14-9(2)10-5-4-6-13-11(10)12/h4-6,8-9,14H,7H2,1-3H3. The van der Waals surface area contributed by atoms with Gasteiger partial charge in [0.25, 0.3) is 0 Å². The third-order valence-corrected chi connectivity index (χ3v) is 3.35. The summed E-state index contributed by atoms with van der Waals surface area (Å²) in [5.41, 5.74) is 1.06. The van der Waals surface area contributed by atoms with Gasteiger partial charge in [0.2, 0.25) is 0 Å². The van der Waals surface area contributed by atoms with Gasteiger partial charge in [-0.2, -0.15) is 11.8 Å². The number of hydrogen-bond acceptors (Lipinski definition) is 3. The second kappa shape index (κ2) is 6.36. The Balaban J connectivity index is 2.61. The highest BCUT2D eigenvalue weighted by Gasteiger charge is 2.12. The molecule has 0 spiro atoms. The van der Waals surface area contributed by atoms with E-state index in [-0.39, 0.29) is 6.04 Å². The Morgan fingerprint density at radius 3 is 2.87 bits per heavy atom. The Kier molecular flexibility index (Phi) is 5.43. The first kappa shape index (κ1) is 12.8. The first-order valence-electron chi connectivity index (χ1n) is 5.00. The molecule has 1 aromatic heterocycles. The number of aromatic nitrogens is 1. The van der Waals surface area contributed by atoms with Crippen LogP contribution in [0.1, 0.15) is 25.5 Å². The van der Waals surface area contributed by atoms with Crippen LogP contribution < -0.4 is 5.32 Å². The summed E-state index contributed by atoms with van der Waals surface area (Å²) >= 11 is 7.86. The van der Waals surface area contributed by atoms with Gasteiger partial charge in [0.15, 0.2) is 0 Å². The van der Waals surface area contributed by atoms with Crippen LogP contribution in [0.2, 0.25) is 5.15 Å². The zero-order chi connectivity index (χ0) is 11.3. The molecule has 0 aliphatic heterocycles. The summed E-state index contributed by atoms with van der Waals surface area (Å²) in [6, 6.07) is 4.65. The zero-order valence-corrected chi connectivity index (χ0v) is 10.9. The summed E-state index contributed by atoms with van der Waals surface area (Å²) in [6.07, 6.45) is 3.82. The maximum Gasteiger partial charge on any atom is 0.133 e. The second-order valence-corrected chi connectivity index (χ2v) is 4.90. The maximum absolute atomic E-state index is 6.02. The molecule has 2 unspecified atom stereocenters. The van der Waals surface area contributed by atoms with E-state index in [1.54, 1.807) is 6.20 Å². The molecule has 2 nitrogen and oxygen atoms in total. The molecular weight excluding hydrogens is 228 g/mol. The van der Waals surface area contributed by atoms with E-state index in [4.69, 9.17) is 11.6 Å². The van der Waals surface area contributed by atoms with Gasteiger partial charge in [0.1, 0.15) is 5.15 Å². The second-order valence-electron chi connectivity index (χ2n) is 3.63. The van der Waals surface area contributed by atoms with Gasteiger partial charge >= 0.3 is 0 Å². The first-order valence-corrected chi connectivity index (χ1v) is 6.77. The quantitative estimate of drug-likeness (QED) is 0.806. The molecule has 15 heavy (non-hydrogen) atoms. The van der Waals surface area contributed by atoms with Gasteiger partial charge in [0, 0.05) is 29.6 Å². The monoisotopic (exact) mass is 244 g/mol. The molecule has 0 aromatic carbocycles. The Morgan fingerprint density at radius 2 is 2.27 bits per heavy atom. The van der Waals surface area contributed by atoms with E-state index < -0.39 is 0 Å². The lowest BCUT2D eigenvalue weighted by Crippen LogP contribution is -2.31. The molecule has 0 aliphatic carbocycles. The van der Waals surface area contributed by atoms with Crippen molar-refractivity contribution in [3.63, 3.8) is 0 Å². The van der Waals surface area contributed by atoms with Gasteiger partial charge in [-0.05, 0) is 26.2 Å². The highest BCUT2D eigenvalue weighted by Crippen LogP contribution is 2.20. The molecule has 4 heteroatoms. The van der Waals surface area contributed by atoms with E-state index in [1.165, 1.54) is 0 Å². The number of thioether (sulfide) groups is 1. The minimum atomic E-state index is 0.244. The van der Waals surface area contributed by atoms with Crippen LogP contribution in [0.5, 0.6) is 0 Å². The SMILES string of the molecule is CSCC(C)NC(C)c1cccnc1Cl. The average molecular weight is 245 g/mol. The molecule has 84 valence electrons. The smallest absolute Gasteiger partial charge is 0.133 e. The fourth-order valence-electron chi connectivity index (χ4n) is 1.54. The predicted octanol–water partition coefficient (Wildman–Crippen LogP) is 3.14. The van der Waals surface area contributed by atoms with Crippen molar-refractivity contribution in [3.05, 3.63) is 29.0 Å². The first-order chi connectivity index (χ1) is 7.15. The third kappa shape index (κ3) is 4.01. The van der Waals surface area contributed by atoms with Crippen LogP contribution in [-0.4, -0.2) is 23.0 Å². The van der Waals surface area contributed by atoms with Crippen molar-refractivity contribution in [1.82, 2.24) is 10.3 Å². The van der Waals surface area contributed by atoms with Gasteiger partial charge in [-0.1, -0.05) is 17.7 Å². The van der Waals surface area contributed by atoms with Crippen molar-refractivity contribution in [2.45, 2.75) is 25.9 Å². The van der Waals surface area contributed by atoms with Crippen LogP contribution >= 0.6 is 23.4 Å². The molecule has 1 N–H and O–H groups in total. The summed E-state index contributed by atoms with van der Waals surface area (Å²) in [4.78, 5) is 4.07. The van der Waals surface area contributed by atoms with E-state index in [9.17, 15) is 0 Å². The molecule has 2 atom stereocenters. The van der Waals surface area contributed by atoms with E-state index in [0.29, 0.717) is 11.2 Å². The summed E-state index contributed by atoms with van der Waals surface area (Å²) in [5, 5.41) is 4.08. The Labute approximate surface area is 101 Å². The number of nitrogens with zero attached hydrogens (tertiary/aromatic N) is 1. The average Bonchev–Trinajstić information content (AvgIpc) is 2.18. The molecule has 0 saturated carbocycles.